The van der Waals surface area contributed by atoms with Gasteiger partial charge in [-0.15, -0.1) is 13.2 Å². The maximum absolute atomic E-state index is 12.0. The highest BCUT2D eigenvalue weighted by Gasteiger charge is 2.31. The van der Waals surface area contributed by atoms with E-state index in [1.54, 1.807) is 6.92 Å². The fourth-order valence-electron chi connectivity index (χ4n) is 1.93. The van der Waals surface area contributed by atoms with E-state index in [1.807, 2.05) is 0 Å². The maximum atomic E-state index is 12.0. The van der Waals surface area contributed by atoms with Crippen LogP contribution in [0.2, 0.25) is 0 Å². The van der Waals surface area contributed by atoms with Gasteiger partial charge in [-0.2, -0.15) is 0 Å². The van der Waals surface area contributed by atoms with Gasteiger partial charge in [-0.25, -0.2) is 0 Å². The molecule has 1 rings (SSSR count). The number of halogens is 3. The lowest BCUT2D eigenvalue weighted by molar-refractivity contribution is -0.274. The minimum Gasteiger partial charge on any atom is -0.406 e. The van der Waals surface area contributed by atoms with E-state index in [9.17, 15) is 22.8 Å². The Kier molecular flexibility index (Phi) is 6.21. The summed E-state index contributed by atoms with van der Waals surface area (Å²) in [7, 11) is 0. The zero-order valence-electron chi connectivity index (χ0n) is 11.9. The van der Waals surface area contributed by atoms with Crippen molar-refractivity contribution in [2.75, 3.05) is 11.9 Å². The van der Waals surface area contributed by atoms with Gasteiger partial charge in [-0.3, -0.25) is 4.79 Å². The molecule has 122 valence electrons. The fourth-order valence-corrected chi connectivity index (χ4v) is 1.93. The quantitative estimate of drug-likeness (QED) is 0.721. The van der Waals surface area contributed by atoms with Crippen molar-refractivity contribution in [3.8, 4) is 5.75 Å². The van der Waals surface area contributed by atoms with Gasteiger partial charge in [0.25, 0.3) is 0 Å². The monoisotopic (exact) mass is 318 g/mol. The molecule has 0 bridgehead atoms. The van der Waals surface area contributed by atoms with Crippen LogP contribution in [0.5, 0.6) is 5.75 Å². The standard InChI is InChI=1S/C14H17F3N2O3/c1-9(12(6-7-20)13(18)21)8-19-10-2-4-11(5-3-10)22-14(15,16)17/h2-5,7,9,12,19H,6,8H2,1H3,(H2,18,21)/t9-,12?/m1/s1. The molecule has 0 spiro atoms. The molecule has 5 nitrogen and oxygen atoms in total. The Hall–Kier alpha value is -2.25. The second-order valence-corrected chi connectivity index (χ2v) is 4.84. The Morgan fingerprint density at radius 1 is 1.36 bits per heavy atom. The van der Waals surface area contributed by atoms with Crippen molar-refractivity contribution in [3.05, 3.63) is 24.3 Å². The number of amides is 1. The number of carbonyl (C=O) groups excluding carboxylic acids is 2. The summed E-state index contributed by atoms with van der Waals surface area (Å²) in [6.45, 7) is 2.11. The molecule has 8 heteroatoms. The van der Waals surface area contributed by atoms with Crippen LogP contribution >= 0.6 is 0 Å². The summed E-state index contributed by atoms with van der Waals surface area (Å²) < 4.78 is 39.8. The highest BCUT2D eigenvalue weighted by Crippen LogP contribution is 2.24. The highest BCUT2D eigenvalue weighted by molar-refractivity contribution is 5.79. The Morgan fingerprint density at radius 3 is 2.41 bits per heavy atom. The van der Waals surface area contributed by atoms with Crippen LogP contribution in [0, 0.1) is 11.8 Å². The van der Waals surface area contributed by atoms with Gasteiger partial charge in [0.1, 0.15) is 12.0 Å². The number of ether oxygens (including phenoxy) is 1. The summed E-state index contributed by atoms with van der Waals surface area (Å²) in [5, 5.41) is 2.97. The number of aldehydes is 1. The SMILES string of the molecule is C[C@H](CNc1ccc(OC(F)(F)F)cc1)C(CC=O)C(N)=O. The van der Waals surface area contributed by atoms with Crippen LogP contribution in [0.1, 0.15) is 13.3 Å². The molecule has 0 saturated heterocycles. The number of rotatable bonds is 8. The Balaban J connectivity index is 2.57. The second kappa shape index (κ2) is 7.67. The number of primary amides is 1. The molecule has 0 saturated carbocycles. The third-order valence-electron chi connectivity index (χ3n) is 3.12. The summed E-state index contributed by atoms with van der Waals surface area (Å²) in [5.41, 5.74) is 5.79. The molecule has 1 aromatic carbocycles. The van der Waals surface area contributed by atoms with Crippen LogP contribution in [0.15, 0.2) is 24.3 Å². The smallest absolute Gasteiger partial charge is 0.406 e. The van der Waals surface area contributed by atoms with Crippen LogP contribution in [0.25, 0.3) is 0 Å². The summed E-state index contributed by atoms with van der Waals surface area (Å²) in [4.78, 5) is 21.7. The van der Waals surface area contributed by atoms with Gasteiger partial charge in [-0.05, 0) is 30.2 Å². The first-order valence-electron chi connectivity index (χ1n) is 6.55. The molecule has 0 aromatic heterocycles. The number of anilines is 1. The average Bonchev–Trinajstić information content (AvgIpc) is 2.41. The van der Waals surface area contributed by atoms with E-state index in [2.05, 4.69) is 10.1 Å². The van der Waals surface area contributed by atoms with Gasteiger partial charge in [0, 0.05) is 24.6 Å². The molecular weight excluding hydrogens is 301 g/mol. The topological polar surface area (TPSA) is 81.4 Å². The number of carbonyl (C=O) groups is 2. The number of alkyl halides is 3. The van der Waals surface area contributed by atoms with Crippen LogP contribution in [-0.2, 0) is 9.59 Å². The van der Waals surface area contributed by atoms with Crippen molar-refractivity contribution in [2.24, 2.45) is 17.6 Å². The van der Waals surface area contributed by atoms with Crippen molar-refractivity contribution >= 4 is 17.9 Å². The van der Waals surface area contributed by atoms with Crippen molar-refractivity contribution in [2.45, 2.75) is 19.7 Å². The van der Waals surface area contributed by atoms with Gasteiger partial charge in [0.2, 0.25) is 5.91 Å². The molecule has 1 unspecified atom stereocenters. The van der Waals surface area contributed by atoms with Crippen LogP contribution < -0.4 is 15.8 Å². The molecule has 0 aliphatic carbocycles. The van der Waals surface area contributed by atoms with E-state index in [-0.39, 0.29) is 18.1 Å². The van der Waals surface area contributed by atoms with Crippen molar-refractivity contribution in [3.63, 3.8) is 0 Å². The average molecular weight is 318 g/mol. The van der Waals surface area contributed by atoms with Crippen molar-refractivity contribution in [1.82, 2.24) is 0 Å². The van der Waals surface area contributed by atoms with Crippen LogP contribution in [0.3, 0.4) is 0 Å². The minimum absolute atomic E-state index is 0.0382. The fraction of sp³-hybridized carbons (Fsp3) is 0.429. The number of nitrogens with one attached hydrogen (secondary N) is 1. The van der Waals surface area contributed by atoms with Gasteiger partial charge >= 0.3 is 6.36 Å². The highest BCUT2D eigenvalue weighted by atomic mass is 19.4. The molecule has 0 fully saturated rings. The predicted octanol–water partition coefficient (Wildman–Crippen LogP) is 2.32. The van der Waals surface area contributed by atoms with E-state index >= 15 is 0 Å². The summed E-state index contributed by atoms with van der Waals surface area (Å²) in [6.07, 6.45) is -4.06. The predicted molar refractivity (Wildman–Crippen MR) is 74.1 cm³/mol. The third kappa shape index (κ3) is 6.02. The summed E-state index contributed by atoms with van der Waals surface area (Å²) >= 11 is 0. The van der Waals surface area contributed by atoms with Crippen molar-refractivity contribution < 1.29 is 27.5 Å². The van der Waals surface area contributed by atoms with Crippen molar-refractivity contribution in [1.29, 1.82) is 0 Å². The van der Waals surface area contributed by atoms with Gasteiger partial charge in [-0.1, -0.05) is 6.92 Å². The normalized spacial score (nSPS) is 14.0. The second-order valence-electron chi connectivity index (χ2n) is 4.84. The number of nitrogens with two attached hydrogens (primary N) is 1. The molecule has 2 atom stereocenters. The number of hydrogen-bond acceptors (Lipinski definition) is 4. The van der Waals surface area contributed by atoms with Crippen LogP contribution in [0.4, 0.5) is 18.9 Å². The number of benzene rings is 1. The van der Waals surface area contributed by atoms with E-state index in [0.717, 1.165) is 0 Å². The third-order valence-corrected chi connectivity index (χ3v) is 3.12. The van der Waals surface area contributed by atoms with E-state index in [1.165, 1.54) is 24.3 Å². The largest absolute Gasteiger partial charge is 0.573 e. The van der Waals surface area contributed by atoms with E-state index < -0.39 is 18.2 Å². The van der Waals surface area contributed by atoms with E-state index in [4.69, 9.17) is 5.73 Å². The molecule has 0 heterocycles. The molecular formula is C14H17F3N2O3. The molecule has 1 amide bonds. The molecule has 3 N–H and O–H groups in total. The molecule has 1 aromatic rings. The Bertz CT molecular complexity index is 503. The molecule has 0 radical (unpaired) electrons. The summed E-state index contributed by atoms with van der Waals surface area (Å²) in [5.74, 6) is -1.66. The van der Waals surface area contributed by atoms with Gasteiger partial charge < -0.3 is 20.6 Å². The number of hydrogen-bond donors (Lipinski definition) is 2. The van der Waals surface area contributed by atoms with Crippen LogP contribution in [-0.4, -0.2) is 25.1 Å². The first-order valence-corrected chi connectivity index (χ1v) is 6.55. The maximum Gasteiger partial charge on any atom is 0.573 e. The first-order chi connectivity index (χ1) is 10.2. The lowest BCUT2D eigenvalue weighted by Crippen LogP contribution is -2.32. The summed E-state index contributed by atoms with van der Waals surface area (Å²) in [6, 6.07) is 5.20. The van der Waals surface area contributed by atoms with E-state index in [0.29, 0.717) is 18.5 Å². The Morgan fingerprint density at radius 2 is 1.95 bits per heavy atom. The first kappa shape index (κ1) is 17.8. The zero-order valence-corrected chi connectivity index (χ0v) is 11.9. The minimum atomic E-state index is -4.73. The molecule has 0 aliphatic rings. The Labute approximate surface area is 125 Å². The lowest BCUT2D eigenvalue weighted by Gasteiger charge is -2.20. The van der Waals surface area contributed by atoms with Gasteiger partial charge in [0.15, 0.2) is 0 Å². The molecule has 0 aliphatic heterocycles. The van der Waals surface area contributed by atoms with Gasteiger partial charge in [0.05, 0.1) is 0 Å². The molecule has 22 heavy (non-hydrogen) atoms. The zero-order chi connectivity index (χ0) is 16.8. The lowest BCUT2D eigenvalue weighted by atomic mass is 9.90.